The standard InChI is InChI=1S/C9H10BrNO/c10-9-5-3-8(4-6-9)2-1-7-11-12/h1-5,7,9,12H,6H2/b2-1+,11-7+. The zero-order chi connectivity index (χ0) is 8.81. The Labute approximate surface area is 80.1 Å². The van der Waals surface area contributed by atoms with Gasteiger partial charge in [0.25, 0.3) is 0 Å². The number of hydrogen-bond acceptors (Lipinski definition) is 2. The summed E-state index contributed by atoms with van der Waals surface area (Å²) in [5.74, 6) is 0. The second-order valence-corrected chi connectivity index (χ2v) is 3.61. The molecule has 1 N–H and O–H groups in total. The summed E-state index contributed by atoms with van der Waals surface area (Å²) in [6.07, 6.45) is 12.2. The minimum Gasteiger partial charge on any atom is -0.411 e. The van der Waals surface area contributed by atoms with Gasteiger partial charge in [0.2, 0.25) is 0 Å². The molecule has 0 fully saturated rings. The Hall–Kier alpha value is -0.830. The Balaban J connectivity index is 2.50. The zero-order valence-corrected chi connectivity index (χ0v) is 8.11. The molecule has 1 atom stereocenters. The van der Waals surface area contributed by atoms with E-state index in [0.717, 1.165) is 12.0 Å². The molecule has 1 unspecified atom stereocenters. The summed E-state index contributed by atoms with van der Waals surface area (Å²) in [5, 5.41) is 11.0. The summed E-state index contributed by atoms with van der Waals surface area (Å²) in [5.41, 5.74) is 1.14. The lowest BCUT2D eigenvalue weighted by atomic mass is 10.1. The molecule has 1 aliphatic rings. The first kappa shape index (κ1) is 9.26. The van der Waals surface area contributed by atoms with E-state index >= 15 is 0 Å². The van der Waals surface area contributed by atoms with Gasteiger partial charge in [-0.25, -0.2) is 0 Å². The molecule has 0 radical (unpaired) electrons. The summed E-state index contributed by atoms with van der Waals surface area (Å²) in [4.78, 5) is 0.459. The van der Waals surface area contributed by atoms with Crippen LogP contribution in [0.25, 0.3) is 0 Å². The van der Waals surface area contributed by atoms with Gasteiger partial charge in [0.05, 0.1) is 6.21 Å². The van der Waals surface area contributed by atoms with Crippen LogP contribution in [0.3, 0.4) is 0 Å². The van der Waals surface area contributed by atoms with Crippen molar-refractivity contribution >= 4 is 22.1 Å². The lowest BCUT2D eigenvalue weighted by Crippen LogP contribution is -1.94. The van der Waals surface area contributed by atoms with Crippen molar-refractivity contribution in [1.82, 2.24) is 0 Å². The molecule has 0 spiro atoms. The van der Waals surface area contributed by atoms with Crippen LogP contribution in [0.2, 0.25) is 0 Å². The lowest BCUT2D eigenvalue weighted by molar-refractivity contribution is 0.322. The smallest absolute Gasteiger partial charge is 0.0661 e. The van der Waals surface area contributed by atoms with E-state index in [4.69, 9.17) is 5.21 Å². The first-order chi connectivity index (χ1) is 5.83. The molecule has 3 heteroatoms. The Morgan fingerprint density at radius 2 is 2.50 bits per heavy atom. The summed E-state index contributed by atoms with van der Waals surface area (Å²) in [7, 11) is 0. The van der Waals surface area contributed by atoms with Crippen LogP contribution in [0, 0.1) is 0 Å². The monoisotopic (exact) mass is 227 g/mol. The van der Waals surface area contributed by atoms with E-state index in [-0.39, 0.29) is 0 Å². The second kappa shape index (κ2) is 4.93. The topological polar surface area (TPSA) is 32.6 Å². The van der Waals surface area contributed by atoms with E-state index in [1.807, 2.05) is 12.2 Å². The van der Waals surface area contributed by atoms with Gasteiger partial charge in [0.1, 0.15) is 0 Å². The number of hydrogen-bond donors (Lipinski definition) is 1. The molecule has 12 heavy (non-hydrogen) atoms. The van der Waals surface area contributed by atoms with Crippen molar-refractivity contribution < 1.29 is 5.21 Å². The quantitative estimate of drug-likeness (QED) is 0.335. The molecule has 0 aromatic carbocycles. The van der Waals surface area contributed by atoms with Gasteiger partial charge < -0.3 is 5.21 Å². The van der Waals surface area contributed by atoms with Crippen molar-refractivity contribution in [2.45, 2.75) is 11.2 Å². The molecular weight excluding hydrogens is 218 g/mol. The molecule has 0 aromatic rings. The fraction of sp³-hybridized carbons (Fsp3) is 0.222. The third-order valence-electron chi connectivity index (χ3n) is 1.52. The van der Waals surface area contributed by atoms with Gasteiger partial charge in [-0.2, -0.15) is 0 Å². The van der Waals surface area contributed by atoms with Gasteiger partial charge in [-0.3, -0.25) is 0 Å². The number of halogens is 1. The first-order valence-corrected chi connectivity index (χ1v) is 4.61. The number of oxime groups is 1. The number of alkyl halides is 1. The molecule has 0 heterocycles. The van der Waals surface area contributed by atoms with Crippen LogP contribution in [0.15, 0.2) is 41.1 Å². The highest BCUT2D eigenvalue weighted by Crippen LogP contribution is 2.16. The molecule has 0 saturated heterocycles. The molecule has 0 amide bonds. The molecule has 1 aliphatic carbocycles. The Morgan fingerprint density at radius 3 is 3.08 bits per heavy atom. The van der Waals surface area contributed by atoms with Crippen LogP contribution >= 0.6 is 15.9 Å². The highest BCUT2D eigenvalue weighted by atomic mass is 79.9. The van der Waals surface area contributed by atoms with E-state index in [0.29, 0.717) is 4.83 Å². The van der Waals surface area contributed by atoms with Crippen LogP contribution < -0.4 is 0 Å². The summed E-state index contributed by atoms with van der Waals surface area (Å²) >= 11 is 3.48. The molecule has 64 valence electrons. The number of allylic oxidation sites excluding steroid dienone is 6. The fourth-order valence-corrected chi connectivity index (χ4v) is 1.27. The molecule has 2 nitrogen and oxygen atoms in total. The first-order valence-electron chi connectivity index (χ1n) is 3.69. The molecule has 0 bridgehead atoms. The number of nitrogens with zero attached hydrogens (tertiary/aromatic N) is 1. The van der Waals surface area contributed by atoms with Crippen molar-refractivity contribution in [1.29, 1.82) is 0 Å². The van der Waals surface area contributed by atoms with Gasteiger partial charge in [0, 0.05) is 4.83 Å². The normalized spacial score (nSPS) is 23.8. The molecule has 0 saturated carbocycles. The third-order valence-corrected chi connectivity index (χ3v) is 2.20. The predicted molar refractivity (Wildman–Crippen MR) is 54.0 cm³/mol. The average molecular weight is 228 g/mol. The second-order valence-electron chi connectivity index (χ2n) is 2.44. The Bertz CT molecular complexity index is 253. The predicted octanol–water partition coefficient (Wildman–Crippen LogP) is 2.65. The highest BCUT2D eigenvalue weighted by Gasteiger charge is 2.01. The zero-order valence-electron chi connectivity index (χ0n) is 6.52. The maximum absolute atomic E-state index is 8.11. The Morgan fingerprint density at radius 1 is 1.67 bits per heavy atom. The average Bonchev–Trinajstić information content (AvgIpc) is 2.09. The largest absolute Gasteiger partial charge is 0.411 e. The van der Waals surface area contributed by atoms with Gasteiger partial charge in [0.15, 0.2) is 0 Å². The van der Waals surface area contributed by atoms with Gasteiger partial charge in [-0.05, 0) is 18.1 Å². The van der Waals surface area contributed by atoms with E-state index in [9.17, 15) is 0 Å². The summed E-state index contributed by atoms with van der Waals surface area (Å²) in [6.45, 7) is 0. The third kappa shape index (κ3) is 3.05. The number of rotatable bonds is 2. The fourth-order valence-electron chi connectivity index (χ4n) is 0.927. The van der Waals surface area contributed by atoms with Crippen LogP contribution in [0.5, 0.6) is 0 Å². The molecule has 1 rings (SSSR count). The van der Waals surface area contributed by atoms with Crippen LogP contribution in [-0.2, 0) is 0 Å². The van der Waals surface area contributed by atoms with E-state index in [2.05, 4.69) is 33.2 Å². The molecule has 0 aliphatic heterocycles. The van der Waals surface area contributed by atoms with Crippen molar-refractivity contribution in [3.63, 3.8) is 0 Å². The minimum atomic E-state index is 0.459. The molecular formula is C9H10BrNO. The van der Waals surface area contributed by atoms with E-state index in [1.165, 1.54) is 6.21 Å². The van der Waals surface area contributed by atoms with Gasteiger partial charge in [-0.15, -0.1) is 0 Å². The highest BCUT2D eigenvalue weighted by molar-refractivity contribution is 9.09. The van der Waals surface area contributed by atoms with Crippen molar-refractivity contribution in [2.75, 3.05) is 0 Å². The van der Waals surface area contributed by atoms with Crippen molar-refractivity contribution in [3.05, 3.63) is 36.0 Å². The molecule has 0 aromatic heterocycles. The minimum absolute atomic E-state index is 0.459. The van der Waals surface area contributed by atoms with E-state index in [1.54, 1.807) is 6.08 Å². The van der Waals surface area contributed by atoms with Crippen LogP contribution in [-0.4, -0.2) is 16.2 Å². The summed E-state index contributed by atoms with van der Waals surface area (Å²) < 4.78 is 0. The summed E-state index contributed by atoms with van der Waals surface area (Å²) in [6, 6.07) is 0. The maximum atomic E-state index is 8.11. The maximum Gasteiger partial charge on any atom is 0.0661 e. The van der Waals surface area contributed by atoms with E-state index < -0.39 is 0 Å². The van der Waals surface area contributed by atoms with Crippen molar-refractivity contribution in [2.24, 2.45) is 5.16 Å². The van der Waals surface area contributed by atoms with Gasteiger partial charge in [-0.1, -0.05) is 45.4 Å². The van der Waals surface area contributed by atoms with Crippen LogP contribution in [0.4, 0.5) is 0 Å². The van der Waals surface area contributed by atoms with Gasteiger partial charge >= 0.3 is 0 Å². The van der Waals surface area contributed by atoms with Crippen LogP contribution in [0.1, 0.15) is 6.42 Å². The SMILES string of the molecule is O/N=C/C=C/C1=CCC(Br)C=C1. The Kier molecular flexibility index (Phi) is 3.80. The lowest BCUT2D eigenvalue weighted by Gasteiger charge is -2.06. The van der Waals surface area contributed by atoms with Crippen molar-refractivity contribution in [3.8, 4) is 0 Å².